The van der Waals surface area contributed by atoms with Gasteiger partial charge in [0.15, 0.2) is 0 Å². The van der Waals surface area contributed by atoms with E-state index >= 15 is 0 Å². The lowest BCUT2D eigenvalue weighted by Gasteiger charge is -2.57. The van der Waals surface area contributed by atoms with Crippen LogP contribution >= 0.6 is 11.6 Å². The molecule has 0 radical (unpaired) electrons. The predicted octanol–water partition coefficient (Wildman–Crippen LogP) is 2.79. The standard InChI is InChI=1S/C19H23ClN4O2/c1-12-14(23-15-6-17(20)22-7-13(15)18(25)21-2)4-3-5-16(12)24-8-19(9-24)10-26-11-19/h4,6-7H,3,5,8-11H2,1-2H3,(H,21,25)(H,22,23). The van der Waals surface area contributed by atoms with Crippen LogP contribution in [0.5, 0.6) is 0 Å². The second kappa shape index (κ2) is 6.59. The first-order valence-electron chi connectivity index (χ1n) is 8.89. The van der Waals surface area contributed by atoms with Crippen molar-refractivity contribution >= 4 is 23.2 Å². The zero-order chi connectivity index (χ0) is 18.3. The third-order valence-electron chi connectivity index (χ3n) is 5.43. The molecular weight excluding hydrogens is 352 g/mol. The molecule has 0 saturated carbocycles. The SMILES string of the molecule is CNC(=O)c1cnc(Cl)cc1NC1=CCCC(N2CC3(COC3)C2)=C1C. The third kappa shape index (κ3) is 2.97. The fraction of sp³-hybridized carbons (Fsp3) is 0.474. The van der Waals surface area contributed by atoms with Crippen LogP contribution < -0.4 is 10.6 Å². The molecule has 0 bridgehead atoms. The summed E-state index contributed by atoms with van der Waals surface area (Å²) in [6, 6.07) is 1.69. The minimum Gasteiger partial charge on any atom is -0.380 e. The summed E-state index contributed by atoms with van der Waals surface area (Å²) in [5, 5.41) is 6.40. The molecule has 1 amide bonds. The Morgan fingerprint density at radius 2 is 2.15 bits per heavy atom. The number of amides is 1. The molecule has 0 aromatic carbocycles. The van der Waals surface area contributed by atoms with E-state index in [2.05, 4.69) is 33.5 Å². The number of anilines is 1. The number of aromatic nitrogens is 1. The summed E-state index contributed by atoms with van der Waals surface area (Å²) >= 11 is 6.05. The summed E-state index contributed by atoms with van der Waals surface area (Å²) in [4.78, 5) is 18.6. The molecule has 26 heavy (non-hydrogen) atoms. The highest BCUT2D eigenvalue weighted by Gasteiger charge is 2.49. The molecule has 1 aromatic heterocycles. The molecule has 6 nitrogen and oxygen atoms in total. The van der Waals surface area contributed by atoms with Crippen LogP contribution in [0.3, 0.4) is 0 Å². The van der Waals surface area contributed by atoms with Gasteiger partial charge in [-0.25, -0.2) is 4.98 Å². The van der Waals surface area contributed by atoms with Crippen molar-refractivity contribution in [2.75, 3.05) is 38.7 Å². The molecule has 3 aliphatic rings. The first-order chi connectivity index (χ1) is 12.5. The van der Waals surface area contributed by atoms with Crippen molar-refractivity contribution in [3.8, 4) is 0 Å². The molecule has 138 valence electrons. The number of ether oxygens (including phenoxy) is 1. The van der Waals surface area contributed by atoms with Crippen LogP contribution in [0.25, 0.3) is 0 Å². The summed E-state index contributed by atoms with van der Waals surface area (Å²) in [6.45, 7) is 6.08. The van der Waals surface area contributed by atoms with E-state index in [1.54, 1.807) is 13.1 Å². The van der Waals surface area contributed by atoms with Gasteiger partial charge in [0.05, 0.1) is 29.9 Å². The Labute approximate surface area is 158 Å². The molecule has 7 heteroatoms. The summed E-state index contributed by atoms with van der Waals surface area (Å²) in [7, 11) is 1.60. The van der Waals surface area contributed by atoms with Gasteiger partial charge in [0, 0.05) is 37.7 Å². The van der Waals surface area contributed by atoms with Gasteiger partial charge in [0.25, 0.3) is 5.91 Å². The van der Waals surface area contributed by atoms with Gasteiger partial charge in [-0.1, -0.05) is 17.7 Å². The number of likely N-dealkylation sites (tertiary alicyclic amines) is 1. The lowest BCUT2D eigenvalue weighted by Crippen LogP contribution is -2.65. The second-order valence-electron chi connectivity index (χ2n) is 7.33. The lowest BCUT2D eigenvalue weighted by atomic mass is 9.77. The molecule has 2 N–H and O–H groups in total. The Morgan fingerprint density at radius 1 is 1.38 bits per heavy atom. The smallest absolute Gasteiger partial charge is 0.254 e. The fourth-order valence-electron chi connectivity index (χ4n) is 3.91. The monoisotopic (exact) mass is 374 g/mol. The van der Waals surface area contributed by atoms with Gasteiger partial charge in [-0.2, -0.15) is 0 Å². The van der Waals surface area contributed by atoms with E-state index in [4.69, 9.17) is 16.3 Å². The van der Waals surface area contributed by atoms with Gasteiger partial charge in [-0.3, -0.25) is 4.79 Å². The number of nitrogens with one attached hydrogen (secondary N) is 2. The fourth-order valence-corrected chi connectivity index (χ4v) is 4.07. The van der Waals surface area contributed by atoms with Crippen LogP contribution in [0.1, 0.15) is 30.1 Å². The summed E-state index contributed by atoms with van der Waals surface area (Å²) in [5.74, 6) is -0.190. The van der Waals surface area contributed by atoms with Gasteiger partial charge >= 0.3 is 0 Å². The molecule has 0 unspecified atom stereocenters. The van der Waals surface area contributed by atoms with E-state index in [-0.39, 0.29) is 5.91 Å². The normalized spacial score (nSPS) is 21.0. The Balaban J connectivity index is 1.56. The molecule has 2 aliphatic heterocycles. The molecule has 2 fully saturated rings. The van der Waals surface area contributed by atoms with E-state index in [1.165, 1.54) is 17.5 Å². The first-order valence-corrected chi connectivity index (χ1v) is 9.27. The van der Waals surface area contributed by atoms with Crippen molar-refractivity contribution in [1.29, 1.82) is 0 Å². The van der Waals surface area contributed by atoms with Crippen molar-refractivity contribution in [1.82, 2.24) is 15.2 Å². The van der Waals surface area contributed by atoms with Gasteiger partial charge in [0.2, 0.25) is 0 Å². The number of carbonyl (C=O) groups is 1. The van der Waals surface area contributed by atoms with Crippen LogP contribution in [0.4, 0.5) is 5.69 Å². The zero-order valence-corrected chi connectivity index (χ0v) is 15.8. The molecule has 0 atom stereocenters. The zero-order valence-electron chi connectivity index (χ0n) is 15.1. The Hall–Kier alpha value is -2.05. The van der Waals surface area contributed by atoms with E-state index in [0.717, 1.165) is 44.8 Å². The third-order valence-corrected chi connectivity index (χ3v) is 5.64. The number of carbonyl (C=O) groups excluding carboxylic acids is 1. The lowest BCUT2D eigenvalue weighted by molar-refractivity contribution is -0.180. The molecule has 1 spiro atoms. The maximum absolute atomic E-state index is 12.1. The molecular formula is C19H23ClN4O2. The number of hydrogen-bond donors (Lipinski definition) is 2. The topological polar surface area (TPSA) is 66.5 Å². The maximum atomic E-state index is 12.1. The molecule has 3 heterocycles. The van der Waals surface area contributed by atoms with E-state index in [9.17, 15) is 4.79 Å². The van der Waals surface area contributed by atoms with Gasteiger partial charge in [-0.05, 0) is 31.4 Å². The van der Waals surface area contributed by atoms with Crippen LogP contribution in [0, 0.1) is 5.41 Å². The van der Waals surface area contributed by atoms with Crippen molar-refractivity contribution < 1.29 is 9.53 Å². The molecule has 2 saturated heterocycles. The van der Waals surface area contributed by atoms with Crippen LogP contribution in [-0.4, -0.2) is 49.1 Å². The van der Waals surface area contributed by atoms with Crippen molar-refractivity contribution in [2.24, 2.45) is 5.41 Å². The largest absolute Gasteiger partial charge is 0.380 e. The minimum atomic E-state index is -0.190. The Kier molecular flexibility index (Phi) is 4.40. The predicted molar refractivity (Wildman–Crippen MR) is 101 cm³/mol. The number of allylic oxidation sites excluding steroid dienone is 3. The van der Waals surface area contributed by atoms with Crippen molar-refractivity contribution in [3.63, 3.8) is 0 Å². The van der Waals surface area contributed by atoms with Crippen LogP contribution in [-0.2, 0) is 4.74 Å². The summed E-state index contributed by atoms with van der Waals surface area (Å²) < 4.78 is 5.38. The quantitative estimate of drug-likeness (QED) is 0.793. The van der Waals surface area contributed by atoms with Gasteiger partial charge < -0.3 is 20.3 Å². The summed E-state index contributed by atoms with van der Waals surface area (Å²) in [6.07, 6.45) is 5.71. The highest BCUT2D eigenvalue weighted by Crippen LogP contribution is 2.42. The number of pyridine rings is 1. The minimum absolute atomic E-state index is 0.190. The van der Waals surface area contributed by atoms with Crippen LogP contribution in [0.2, 0.25) is 5.15 Å². The summed E-state index contributed by atoms with van der Waals surface area (Å²) in [5.41, 5.74) is 5.18. The van der Waals surface area contributed by atoms with E-state index < -0.39 is 0 Å². The number of halogens is 1. The van der Waals surface area contributed by atoms with Gasteiger partial charge in [-0.15, -0.1) is 0 Å². The highest BCUT2D eigenvalue weighted by atomic mass is 35.5. The molecule has 1 aromatic rings. The number of hydrogen-bond acceptors (Lipinski definition) is 5. The first kappa shape index (κ1) is 17.4. The molecule has 1 aliphatic carbocycles. The Morgan fingerprint density at radius 3 is 2.81 bits per heavy atom. The number of rotatable bonds is 4. The van der Waals surface area contributed by atoms with Crippen molar-refractivity contribution in [2.45, 2.75) is 19.8 Å². The maximum Gasteiger partial charge on any atom is 0.254 e. The second-order valence-corrected chi connectivity index (χ2v) is 7.72. The van der Waals surface area contributed by atoms with Crippen molar-refractivity contribution in [3.05, 3.63) is 46.0 Å². The molecule has 4 rings (SSSR count). The average Bonchev–Trinajstić information content (AvgIpc) is 2.55. The van der Waals surface area contributed by atoms with E-state index in [1.807, 2.05) is 0 Å². The average molecular weight is 375 g/mol. The highest BCUT2D eigenvalue weighted by molar-refractivity contribution is 6.29. The van der Waals surface area contributed by atoms with E-state index in [0.29, 0.717) is 21.8 Å². The Bertz CT molecular complexity index is 806. The van der Waals surface area contributed by atoms with Gasteiger partial charge in [0.1, 0.15) is 5.15 Å². The van der Waals surface area contributed by atoms with Crippen LogP contribution in [0.15, 0.2) is 35.3 Å². The number of nitrogens with zero attached hydrogens (tertiary/aromatic N) is 2.